The monoisotopic (exact) mass is 343 g/mol. The van der Waals surface area contributed by atoms with Gasteiger partial charge in [-0.25, -0.2) is 14.8 Å². The van der Waals surface area contributed by atoms with Crippen LogP contribution in [0.15, 0.2) is 36.7 Å². The summed E-state index contributed by atoms with van der Waals surface area (Å²) in [7, 11) is 3.15. The molecule has 2 heterocycles. The number of carbonyl (C=O) groups excluding carboxylic acids is 1. The van der Waals surface area contributed by atoms with E-state index < -0.39 is 0 Å². The van der Waals surface area contributed by atoms with Crippen molar-refractivity contribution in [2.75, 3.05) is 50.6 Å². The molecule has 0 bridgehead atoms. The summed E-state index contributed by atoms with van der Waals surface area (Å²) >= 11 is 0. The number of hydrogen-bond donors (Lipinski definition) is 1. The molecule has 8 heteroatoms. The Balaban J connectivity index is 1.60. The number of rotatable bonds is 4. The number of benzene rings is 1. The lowest BCUT2D eigenvalue weighted by atomic mass is 10.2. The number of nitrogens with zero attached hydrogens (tertiary/aromatic N) is 4. The molecule has 25 heavy (non-hydrogen) atoms. The lowest BCUT2D eigenvalue weighted by molar-refractivity contribution is 0.208. The standard InChI is InChI=1S/C17H21N5O3/c1-24-14-10-13(11-15(12-14)25-2)20-17(23)22-8-6-21(7-9-22)16-18-4-3-5-19-16/h3-5,10-12H,6-9H2,1-2H3,(H,20,23). The van der Waals surface area contributed by atoms with E-state index in [4.69, 9.17) is 9.47 Å². The maximum Gasteiger partial charge on any atom is 0.321 e. The number of ether oxygens (including phenoxy) is 2. The van der Waals surface area contributed by atoms with Crippen molar-refractivity contribution in [1.29, 1.82) is 0 Å². The van der Waals surface area contributed by atoms with E-state index in [1.165, 1.54) is 0 Å². The van der Waals surface area contributed by atoms with Crippen LogP contribution in [0.2, 0.25) is 0 Å². The number of carbonyl (C=O) groups is 1. The highest BCUT2D eigenvalue weighted by atomic mass is 16.5. The van der Waals surface area contributed by atoms with Crippen molar-refractivity contribution in [2.45, 2.75) is 0 Å². The van der Waals surface area contributed by atoms with E-state index in [9.17, 15) is 4.79 Å². The minimum Gasteiger partial charge on any atom is -0.497 e. The number of piperazine rings is 1. The maximum atomic E-state index is 12.5. The molecular formula is C17H21N5O3. The molecule has 0 unspecified atom stereocenters. The van der Waals surface area contributed by atoms with Crippen LogP contribution in [0, 0.1) is 0 Å². The summed E-state index contributed by atoms with van der Waals surface area (Å²) in [6.45, 7) is 2.59. The Morgan fingerprint density at radius 2 is 1.60 bits per heavy atom. The first kappa shape index (κ1) is 16.8. The lowest BCUT2D eigenvalue weighted by Gasteiger charge is -2.34. The number of anilines is 2. The molecule has 3 rings (SSSR count). The summed E-state index contributed by atoms with van der Waals surface area (Å²) in [6, 6.07) is 6.91. The van der Waals surface area contributed by atoms with E-state index in [1.54, 1.807) is 55.8 Å². The second-order valence-electron chi connectivity index (χ2n) is 5.55. The average molecular weight is 343 g/mol. The van der Waals surface area contributed by atoms with Crippen molar-refractivity contribution in [1.82, 2.24) is 14.9 Å². The van der Waals surface area contributed by atoms with E-state index in [0.29, 0.717) is 49.3 Å². The topological polar surface area (TPSA) is 79.8 Å². The normalized spacial score (nSPS) is 14.2. The molecule has 0 aliphatic carbocycles. The average Bonchev–Trinajstić information content (AvgIpc) is 2.68. The predicted molar refractivity (Wildman–Crippen MR) is 94.4 cm³/mol. The molecule has 2 amide bonds. The third-order valence-corrected chi connectivity index (χ3v) is 4.00. The van der Waals surface area contributed by atoms with Crippen molar-refractivity contribution in [3.8, 4) is 11.5 Å². The van der Waals surface area contributed by atoms with Gasteiger partial charge in [-0.1, -0.05) is 0 Å². The fraction of sp³-hybridized carbons (Fsp3) is 0.353. The van der Waals surface area contributed by atoms with Crippen LogP contribution in [0.5, 0.6) is 11.5 Å². The van der Waals surface area contributed by atoms with Gasteiger partial charge < -0.3 is 24.6 Å². The molecule has 1 N–H and O–H groups in total. The molecule has 0 atom stereocenters. The first-order valence-corrected chi connectivity index (χ1v) is 8.00. The number of hydrogen-bond acceptors (Lipinski definition) is 6. The quantitative estimate of drug-likeness (QED) is 0.913. The summed E-state index contributed by atoms with van der Waals surface area (Å²) < 4.78 is 10.4. The zero-order chi connectivity index (χ0) is 17.6. The molecule has 1 aromatic carbocycles. The van der Waals surface area contributed by atoms with Crippen LogP contribution in [0.4, 0.5) is 16.4 Å². The second-order valence-corrected chi connectivity index (χ2v) is 5.55. The van der Waals surface area contributed by atoms with E-state index in [2.05, 4.69) is 20.2 Å². The Morgan fingerprint density at radius 3 is 2.16 bits per heavy atom. The Labute approximate surface area is 146 Å². The van der Waals surface area contributed by atoms with Gasteiger partial charge in [0.25, 0.3) is 0 Å². The zero-order valence-corrected chi connectivity index (χ0v) is 14.3. The number of nitrogens with one attached hydrogen (secondary N) is 1. The second kappa shape index (κ2) is 7.69. The van der Waals surface area contributed by atoms with E-state index in [0.717, 1.165) is 0 Å². The Bertz CT molecular complexity index is 695. The third kappa shape index (κ3) is 4.09. The molecule has 1 aromatic heterocycles. The summed E-state index contributed by atoms with van der Waals surface area (Å²) in [4.78, 5) is 24.8. The number of aromatic nitrogens is 2. The zero-order valence-electron chi connectivity index (χ0n) is 14.3. The summed E-state index contributed by atoms with van der Waals surface area (Å²) in [5, 5.41) is 2.89. The Kier molecular flexibility index (Phi) is 5.17. The van der Waals surface area contributed by atoms with Gasteiger partial charge in [-0.3, -0.25) is 0 Å². The van der Waals surface area contributed by atoms with Gasteiger partial charge in [-0.05, 0) is 6.07 Å². The van der Waals surface area contributed by atoms with Gasteiger partial charge in [-0.2, -0.15) is 0 Å². The molecular weight excluding hydrogens is 322 g/mol. The lowest BCUT2D eigenvalue weighted by Crippen LogP contribution is -2.50. The molecule has 0 saturated carbocycles. The van der Waals surface area contributed by atoms with Crippen LogP contribution >= 0.6 is 0 Å². The Morgan fingerprint density at radius 1 is 1.00 bits per heavy atom. The summed E-state index contributed by atoms with van der Waals surface area (Å²) in [5.41, 5.74) is 0.634. The van der Waals surface area contributed by atoms with Crippen LogP contribution in [0.1, 0.15) is 0 Å². The van der Waals surface area contributed by atoms with E-state index in [-0.39, 0.29) is 6.03 Å². The molecule has 1 fully saturated rings. The molecule has 8 nitrogen and oxygen atoms in total. The Hall–Kier alpha value is -3.03. The highest BCUT2D eigenvalue weighted by molar-refractivity contribution is 5.90. The molecule has 1 aliphatic heterocycles. The highest BCUT2D eigenvalue weighted by Crippen LogP contribution is 2.26. The first-order valence-electron chi connectivity index (χ1n) is 8.00. The van der Waals surface area contributed by atoms with Gasteiger partial charge in [0.1, 0.15) is 11.5 Å². The number of urea groups is 1. The van der Waals surface area contributed by atoms with E-state index in [1.807, 2.05) is 0 Å². The fourth-order valence-electron chi connectivity index (χ4n) is 2.65. The maximum absolute atomic E-state index is 12.5. The van der Waals surface area contributed by atoms with Crippen LogP contribution in [-0.2, 0) is 0 Å². The molecule has 1 aliphatic rings. The summed E-state index contributed by atoms with van der Waals surface area (Å²) in [5.74, 6) is 1.95. The molecule has 132 valence electrons. The minimum atomic E-state index is -0.149. The van der Waals surface area contributed by atoms with Gasteiger partial charge in [0.2, 0.25) is 5.95 Å². The fourth-order valence-corrected chi connectivity index (χ4v) is 2.65. The van der Waals surface area contributed by atoms with Gasteiger partial charge in [0.05, 0.1) is 14.2 Å². The van der Waals surface area contributed by atoms with Crippen LogP contribution in [0.3, 0.4) is 0 Å². The molecule has 0 radical (unpaired) electrons. The van der Waals surface area contributed by atoms with Gasteiger partial charge in [0.15, 0.2) is 0 Å². The largest absolute Gasteiger partial charge is 0.497 e. The number of amides is 2. The minimum absolute atomic E-state index is 0.149. The van der Waals surface area contributed by atoms with Crippen LogP contribution in [0.25, 0.3) is 0 Å². The smallest absolute Gasteiger partial charge is 0.321 e. The van der Waals surface area contributed by atoms with Crippen LogP contribution < -0.4 is 19.7 Å². The van der Waals surface area contributed by atoms with Crippen molar-refractivity contribution >= 4 is 17.7 Å². The summed E-state index contributed by atoms with van der Waals surface area (Å²) in [6.07, 6.45) is 3.44. The first-order chi connectivity index (χ1) is 12.2. The molecule has 2 aromatic rings. The van der Waals surface area contributed by atoms with E-state index >= 15 is 0 Å². The van der Waals surface area contributed by atoms with Gasteiger partial charge >= 0.3 is 6.03 Å². The van der Waals surface area contributed by atoms with Gasteiger partial charge in [-0.15, -0.1) is 0 Å². The number of methoxy groups -OCH3 is 2. The third-order valence-electron chi connectivity index (χ3n) is 4.00. The molecule has 1 saturated heterocycles. The SMILES string of the molecule is COc1cc(NC(=O)N2CCN(c3ncccn3)CC2)cc(OC)c1. The van der Waals surface area contributed by atoms with Crippen molar-refractivity contribution in [3.63, 3.8) is 0 Å². The van der Waals surface area contributed by atoms with Crippen molar-refractivity contribution < 1.29 is 14.3 Å². The molecule has 0 spiro atoms. The van der Waals surface area contributed by atoms with Crippen molar-refractivity contribution in [3.05, 3.63) is 36.7 Å². The predicted octanol–water partition coefficient (Wildman–Crippen LogP) is 1.85. The van der Waals surface area contributed by atoms with Crippen molar-refractivity contribution in [2.24, 2.45) is 0 Å². The van der Waals surface area contributed by atoms with Gasteiger partial charge in [0, 0.05) is 62.5 Å². The van der Waals surface area contributed by atoms with Crippen LogP contribution in [-0.4, -0.2) is 61.3 Å². The highest BCUT2D eigenvalue weighted by Gasteiger charge is 2.22.